The van der Waals surface area contributed by atoms with Crippen molar-refractivity contribution in [2.75, 3.05) is 6.61 Å². The Morgan fingerprint density at radius 2 is 1.76 bits per heavy atom. The van der Waals surface area contributed by atoms with Crippen LogP contribution in [0.5, 0.6) is 0 Å². The van der Waals surface area contributed by atoms with E-state index in [1.807, 2.05) is 12.1 Å². The second-order valence-electron chi connectivity index (χ2n) is 4.98. The molecule has 0 fully saturated rings. The first kappa shape index (κ1) is 15.0. The molecule has 21 heavy (non-hydrogen) atoms. The van der Waals surface area contributed by atoms with Gasteiger partial charge in [-0.05, 0) is 60.7 Å². The molecule has 0 saturated heterocycles. The van der Waals surface area contributed by atoms with Crippen LogP contribution in [0, 0.1) is 13.8 Å². The van der Waals surface area contributed by atoms with Crippen molar-refractivity contribution in [2.45, 2.75) is 20.8 Å². The highest BCUT2D eigenvalue weighted by atomic mass is 16.5. The maximum absolute atomic E-state index is 11.4. The Kier molecular flexibility index (Phi) is 4.94. The molecule has 0 N–H and O–H groups in total. The van der Waals surface area contributed by atoms with Gasteiger partial charge in [-0.15, -0.1) is 0 Å². The number of rotatable bonds is 4. The largest absolute Gasteiger partial charge is 0.463 e. The second kappa shape index (κ2) is 6.89. The topological polar surface area (TPSA) is 26.3 Å². The van der Waals surface area contributed by atoms with Crippen molar-refractivity contribution >= 4 is 12.0 Å². The first-order valence-corrected chi connectivity index (χ1v) is 7.13. The normalized spacial score (nSPS) is 10.8. The predicted octanol–water partition coefficient (Wildman–Crippen LogP) is 4.55. The molecule has 0 atom stereocenters. The van der Waals surface area contributed by atoms with Gasteiger partial charge in [0.15, 0.2) is 0 Å². The van der Waals surface area contributed by atoms with Crippen LogP contribution in [0.4, 0.5) is 0 Å². The molecule has 0 aliphatic carbocycles. The fraction of sp³-hybridized carbons (Fsp3) is 0.211. The molecule has 0 spiro atoms. The van der Waals surface area contributed by atoms with Gasteiger partial charge in [-0.1, -0.05) is 36.4 Å². The van der Waals surface area contributed by atoms with Crippen LogP contribution in [0.1, 0.15) is 23.6 Å². The quantitative estimate of drug-likeness (QED) is 0.607. The number of aryl methyl sites for hydroxylation is 2. The van der Waals surface area contributed by atoms with Crippen molar-refractivity contribution in [2.24, 2.45) is 0 Å². The lowest BCUT2D eigenvalue weighted by Crippen LogP contribution is -1.98. The summed E-state index contributed by atoms with van der Waals surface area (Å²) in [5.41, 5.74) is 5.91. The van der Waals surface area contributed by atoms with Crippen LogP contribution in [0.3, 0.4) is 0 Å². The summed E-state index contributed by atoms with van der Waals surface area (Å²) < 4.78 is 4.89. The molecule has 2 heteroatoms. The van der Waals surface area contributed by atoms with E-state index in [-0.39, 0.29) is 5.97 Å². The van der Waals surface area contributed by atoms with E-state index < -0.39 is 0 Å². The summed E-state index contributed by atoms with van der Waals surface area (Å²) in [5.74, 6) is -0.310. The van der Waals surface area contributed by atoms with E-state index in [4.69, 9.17) is 4.74 Å². The molecule has 2 rings (SSSR count). The third-order valence-corrected chi connectivity index (χ3v) is 3.35. The van der Waals surface area contributed by atoms with Gasteiger partial charge in [0.2, 0.25) is 0 Å². The van der Waals surface area contributed by atoms with Crippen molar-refractivity contribution in [3.05, 3.63) is 65.2 Å². The molecule has 0 saturated carbocycles. The van der Waals surface area contributed by atoms with Crippen molar-refractivity contribution in [3.8, 4) is 11.1 Å². The Hall–Kier alpha value is -2.35. The number of ether oxygens (including phenoxy) is 1. The van der Waals surface area contributed by atoms with Gasteiger partial charge in [0.25, 0.3) is 0 Å². The van der Waals surface area contributed by atoms with Gasteiger partial charge >= 0.3 is 5.97 Å². The zero-order valence-corrected chi connectivity index (χ0v) is 12.7. The van der Waals surface area contributed by atoms with Crippen molar-refractivity contribution < 1.29 is 9.53 Å². The van der Waals surface area contributed by atoms with Gasteiger partial charge in [-0.25, -0.2) is 4.79 Å². The summed E-state index contributed by atoms with van der Waals surface area (Å²) in [6.07, 6.45) is 3.25. The van der Waals surface area contributed by atoms with Gasteiger partial charge in [0.1, 0.15) is 0 Å². The van der Waals surface area contributed by atoms with Gasteiger partial charge in [0.05, 0.1) is 6.61 Å². The van der Waals surface area contributed by atoms with E-state index in [0.29, 0.717) is 6.61 Å². The van der Waals surface area contributed by atoms with Crippen LogP contribution in [0.15, 0.2) is 48.5 Å². The molecule has 0 amide bonds. The molecule has 0 heterocycles. The standard InChI is InChI=1S/C19H20O2/c1-4-21-18(20)12-11-16-9-6-10-17(13-16)19-14(2)7-5-8-15(19)3/h5-13H,4H2,1-3H3/b12-11-. The van der Waals surface area contributed by atoms with Crippen LogP contribution < -0.4 is 0 Å². The second-order valence-corrected chi connectivity index (χ2v) is 4.98. The lowest BCUT2D eigenvalue weighted by molar-refractivity contribution is -0.137. The van der Waals surface area contributed by atoms with Gasteiger partial charge in [-0.3, -0.25) is 0 Å². The molecule has 0 unspecified atom stereocenters. The summed E-state index contributed by atoms with van der Waals surface area (Å²) in [6, 6.07) is 14.5. The van der Waals surface area contributed by atoms with Crippen molar-refractivity contribution in [3.63, 3.8) is 0 Å². The highest BCUT2D eigenvalue weighted by Crippen LogP contribution is 2.27. The average Bonchev–Trinajstić information content (AvgIpc) is 2.46. The first-order valence-electron chi connectivity index (χ1n) is 7.13. The number of esters is 1. The highest BCUT2D eigenvalue weighted by Gasteiger charge is 2.05. The minimum absolute atomic E-state index is 0.310. The molecule has 0 aliphatic heterocycles. The predicted molar refractivity (Wildman–Crippen MR) is 87.0 cm³/mol. The Bertz CT molecular complexity index is 649. The number of hydrogen-bond acceptors (Lipinski definition) is 2. The zero-order valence-electron chi connectivity index (χ0n) is 12.7. The van der Waals surface area contributed by atoms with E-state index in [9.17, 15) is 4.79 Å². The minimum Gasteiger partial charge on any atom is -0.463 e. The van der Waals surface area contributed by atoms with Crippen LogP contribution in [0.25, 0.3) is 17.2 Å². The maximum Gasteiger partial charge on any atom is 0.330 e. The summed E-state index contributed by atoms with van der Waals surface area (Å²) in [7, 11) is 0. The molecule has 2 aromatic rings. The highest BCUT2D eigenvalue weighted by molar-refractivity contribution is 5.87. The molecular weight excluding hydrogens is 260 g/mol. The monoisotopic (exact) mass is 280 g/mol. The first-order chi connectivity index (χ1) is 10.1. The van der Waals surface area contributed by atoms with E-state index in [1.54, 1.807) is 13.0 Å². The lowest BCUT2D eigenvalue weighted by atomic mass is 9.95. The number of carbonyl (C=O) groups excluding carboxylic acids is 1. The third kappa shape index (κ3) is 3.82. The molecule has 2 nitrogen and oxygen atoms in total. The SMILES string of the molecule is CCOC(=O)/C=C\c1cccc(-c2c(C)cccc2C)c1. The maximum atomic E-state index is 11.4. The molecule has 0 radical (unpaired) electrons. The molecular formula is C19H20O2. The molecule has 0 bridgehead atoms. The molecule has 108 valence electrons. The molecule has 0 aliphatic rings. The summed E-state index contributed by atoms with van der Waals surface area (Å²) >= 11 is 0. The fourth-order valence-corrected chi connectivity index (χ4v) is 2.42. The number of hydrogen-bond donors (Lipinski definition) is 0. The number of benzene rings is 2. The van der Waals surface area contributed by atoms with E-state index in [2.05, 4.69) is 44.2 Å². The molecule has 2 aromatic carbocycles. The van der Waals surface area contributed by atoms with Gasteiger partial charge in [0, 0.05) is 6.08 Å². The third-order valence-electron chi connectivity index (χ3n) is 3.35. The van der Waals surface area contributed by atoms with Gasteiger partial charge in [-0.2, -0.15) is 0 Å². The Balaban J connectivity index is 2.32. The van der Waals surface area contributed by atoms with Crippen LogP contribution >= 0.6 is 0 Å². The Labute approximate surface area is 126 Å². The van der Waals surface area contributed by atoms with Crippen molar-refractivity contribution in [1.29, 1.82) is 0 Å². The van der Waals surface area contributed by atoms with E-state index in [0.717, 1.165) is 11.1 Å². The summed E-state index contributed by atoms with van der Waals surface area (Å²) in [5, 5.41) is 0. The summed E-state index contributed by atoms with van der Waals surface area (Å²) in [4.78, 5) is 11.4. The number of carbonyl (C=O) groups is 1. The Morgan fingerprint density at radius 3 is 2.43 bits per heavy atom. The fourth-order valence-electron chi connectivity index (χ4n) is 2.42. The van der Waals surface area contributed by atoms with Crippen molar-refractivity contribution in [1.82, 2.24) is 0 Å². The average molecular weight is 280 g/mol. The van der Waals surface area contributed by atoms with E-state index >= 15 is 0 Å². The van der Waals surface area contributed by atoms with Gasteiger partial charge < -0.3 is 4.74 Å². The van der Waals surface area contributed by atoms with Crippen LogP contribution in [-0.4, -0.2) is 12.6 Å². The summed E-state index contributed by atoms with van der Waals surface area (Å²) in [6.45, 7) is 6.42. The van der Waals surface area contributed by atoms with Crippen LogP contribution in [0.2, 0.25) is 0 Å². The molecule has 0 aromatic heterocycles. The minimum atomic E-state index is -0.310. The zero-order chi connectivity index (χ0) is 15.2. The smallest absolute Gasteiger partial charge is 0.330 e. The lowest BCUT2D eigenvalue weighted by Gasteiger charge is -2.10. The van der Waals surface area contributed by atoms with E-state index in [1.165, 1.54) is 22.8 Å². The Morgan fingerprint density at radius 1 is 1.10 bits per heavy atom. The van der Waals surface area contributed by atoms with Crippen LogP contribution in [-0.2, 0) is 9.53 Å².